The van der Waals surface area contributed by atoms with Crippen molar-refractivity contribution in [1.29, 1.82) is 0 Å². The summed E-state index contributed by atoms with van der Waals surface area (Å²) in [6, 6.07) is 0. The molecular formula is C32H56Cl2CuN8O6S2. The van der Waals surface area contributed by atoms with Crippen LogP contribution in [0.2, 0.25) is 0 Å². The third-order valence-electron chi connectivity index (χ3n) is 13.8. The minimum Gasteiger partial charge on any atom is -0.735 e. The zero-order valence-corrected chi connectivity index (χ0v) is 33.0. The largest absolute Gasteiger partial charge is 2.00 e. The van der Waals surface area contributed by atoms with Crippen molar-refractivity contribution in [3.8, 4) is 0 Å². The summed E-state index contributed by atoms with van der Waals surface area (Å²) >= 11 is 0. The molecule has 14 nitrogen and oxygen atoms in total. The molecule has 1 radical (unpaired) electrons. The summed E-state index contributed by atoms with van der Waals surface area (Å²) in [4.78, 5) is 0. The van der Waals surface area contributed by atoms with E-state index in [0.29, 0.717) is 49.3 Å². The van der Waals surface area contributed by atoms with Gasteiger partial charge in [-0.2, -0.15) is 0 Å². The second-order valence-corrected chi connectivity index (χ2v) is 20.2. The van der Waals surface area contributed by atoms with Gasteiger partial charge in [0.2, 0.25) is 0 Å². The Morgan fingerprint density at radius 2 is 0.431 bits per heavy atom. The molecule has 9 rings (SSSR count). The van der Waals surface area contributed by atoms with Crippen LogP contribution in [-0.4, -0.2) is 75.3 Å². The van der Waals surface area contributed by atoms with Crippen molar-refractivity contribution in [2.24, 2.45) is 47.3 Å². The van der Waals surface area contributed by atoms with Crippen molar-refractivity contribution in [3.63, 3.8) is 0 Å². The van der Waals surface area contributed by atoms with Crippen molar-refractivity contribution in [1.82, 2.24) is 42.5 Å². The van der Waals surface area contributed by atoms with Gasteiger partial charge in [-0.1, -0.05) is 51.4 Å². The van der Waals surface area contributed by atoms with E-state index in [0.717, 1.165) is 47.3 Å². The van der Waals surface area contributed by atoms with Gasteiger partial charge in [0.1, 0.15) is 0 Å². The van der Waals surface area contributed by atoms with Gasteiger partial charge in [0.25, 0.3) is 0 Å². The molecule has 4 saturated carbocycles. The average molecular weight is 847 g/mol. The molecular weight excluding hydrogens is 791 g/mol. The van der Waals surface area contributed by atoms with Gasteiger partial charge in [0.15, 0.2) is 18.7 Å². The SMILES string of the molecule is C1CCC2C3NC(NC4NC(NC5NC(NC6NC(N3)C3CCCCC63)C3CCCCC53)C3CCCCC43)C2C1.O=S(=O)([O-])Cl.O=S(=O)([O-])Cl.[Cu+2]. The van der Waals surface area contributed by atoms with Crippen molar-refractivity contribution in [2.75, 3.05) is 0 Å². The topological polar surface area (TPSA) is 211 Å². The van der Waals surface area contributed by atoms with Gasteiger partial charge in [-0.15, -0.1) is 0 Å². The van der Waals surface area contributed by atoms with E-state index < -0.39 is 18.7 Å². The second-order valence-electron chi connectivity index (χ2n) is 16.4. The Morgan fingerprint density at radius 1 is 0.333 bits per heavy atom. The monoisotopic (exact) mass is 845 g/mol. The summed E-state index contributed by atoms with van der Waals surface area (Å²) in [6.45, 7) is 0. The fourth-order valence-corrected chi connectivity index (χ4v) is 12.0. The number of fused-ring (bicyclic) bond motifs is 20. The van der Waals surface area contributed by atoms with Crippen LogP contribution in [0.5, 0.6) is 0 Å². The number of hydrogen-bond donors (Lipinski definition) is 8. The number of hydrogen-bond acceptors (Lipinski definition) is 14. The Balaban J connectivity index is 0.000000363. The fraction of sp³-hybridized carbons (Fsp3) is 1.00. The predicted molar refractivity (Wildman–Crippen MR) is 188 cm³/mol. The number of nitrogens with one attached hydrogen (secondary N) is 8. The molecule has 0 amide bonds. The Labute approximate surface area is 323 Å². The zero-order valence-electron chi connectivity index (χ0n) is 28.9. The third-order valence-corrected chi connectivity index (χ3v) is 13.8. The maximum atomic E-state index is 8.84. The van der Waals surface area contributed by atoms with Crippen LogP contribution in [0.1, 0.15) is 103 Å². The van der Waals surface area contributed by atoms with Crippen LogP contribution >= 0.6 is 21.4 Å². The molecule has 8 bridgehead atoms. The van der Waals surface area contributed by atoms with Gasteiger partial charge in [-0.25, -0.2) is 16.8 Å². The van der Waals surface area contributed by atoms with Gasteiger partial charge in [-0.3, -0.25) is 42.5 Å². The van der Waals surface area contributed by atoms with E-state index in [1.54, 1.807) is 0 Å². The van der Waals surface area contributed by atoms with Gasteiger partial charge in [0.05, 0.1) is 49.3 Å². The predicted octanol–water partition coefficient (Wildman–Crippen LogP) is 1.97. The Hall–Kier alpha value is 0.599. The first kappa shape index (κ1) is 41.2. The van der Waals surface area contributed by atoms with Crippen LogP contribution in [0.15, 0.2) is 0 Å². The van der Waals surface area contributed by atoms with Gasteiger partial charge in [-0.05, 0) is 98.7 Å². The Kier molecular flexibility index (Phi) is 14.1. The van der Waals surface area contributed by atoms with E-state index in [1.807, 2.05) is 0 Å². The van der Waals surface area contributed by atoms with Crippen LogP contribution in [0.4, 0.5) is 0 Å². The molecule has 5 saturated heterocycles. The molecule has 5 aliphatic heterocycles. The van der Waals surface area contributed by atoms with Gasteiger partial charge >= 0.3 is 17.1 Å². The van der Waals surface area contributed by atoms with Gasteiger partial charge in [0, 0.05) is 21.4 Å². The quantitative estimate of drug-likeness (QED) is 0.0997. The molecule has 0 aromatic rings. The summed E-state index contributed by atoms with van der Waals surface area (Å²) in [5, 5.41) is 33.8. The number of halogens is 2. The zero-order chi connectivity index (χ0) is 35.2. The molecule has 8 atom stereocenters. The second kappa shape index (κ2) is 17.4. The smallest absolute Gasteiger partial charge is 0.735 e. The van der Waals surface area contributed by atoms with E-state index in [-0.39, 0.29) is 17.1 Å². The summed E-state index contributed by atoms with van der Waals surface area (Å²) in [6.07, 6.45) is 25.6. The van der Waals surface area contributed by atoms with E-state index in [2.05, 4.69) is 63.9 Å². The molecule has 19 heteroatoms. The summed E-state index contributed by atoms with van der Waals surface area (Å²) in [5.74, 6) is 5.97. The minimum absolute atomic E-state index is 0. The standard InChI is InChI=1S/C32H56N8.2ClHO3S.Cu/c1-2-10-18-17(9-1)25-33-26(18)38-28-21-13-5-6-14-22(21)30(35-28)40-32-24-16-8-7-15-23(24)31(36-32)39-29-20-12-4-3-11-19(20)27(34-29)37-25;2*1-5(2,3)4;/h17-40H,1-16H2;2*(H,2,3,4);/q;;;+2/p-2. The normalized spacial score (nSPS) is 47.5. The van der Waals surface area contributed by atoms with Crippen molar-refractivity contribution < 1.29 is 43.0 Å². The molecule has 8 N–H and O–H groups in total. The first-order chi connectivity index (χ1) is 23.8. The molecule has 297 valence electrons. The summed E-state index contributed by atoms with van der Waals surface area (Å²) < 4.78 is 53.1. The molecule has 9 fully saturated rings. The minimum atomic E-state index is -4.44. The number of rotatable bonds is 0. The van der Waals surface area contributed by atoms with Crippen LogP contribution in [-0.2, 0) is 35.7 Å². The maximum absolute atomic E-state index is 8.84. The molecule has 51 heavy (non-hydrogen) atoms. The van der Waals surface area contributed by atoms with Crippen LogP contribution in [0.25, 0.3) is 0 Å². The summed E-state index contributed by atoms with van der Waals surface area (Å²) in [5.41, 5.74) is 0. The van der Waals surface area contributed by atoms with Gasteiger partial charge < -0.3 is 9.11 Å². The molecule has 0 aromatic heterocycles. The average Bonchev–Trinajstić information content (AvgIpc) is 3.79. The molecule has 4 aliphatic carbocycles. The first-order valence-electron chi connectivity index (χ1n) is 19.2. The van der Waals surface area contributed by atoms with Crippen LogP contribution < -0.4 is 42.5 Å². The third kappa shape index (κ3) is 10.1. The van der Waals surface area contributed by atoms with E-state index in [1.165, 1.54) is 103 Å². The molecule has 0 spiro atoms. The van der Waals surface area contributed by atoms with E-state index in [4.69, 9.17) is 25.9 Å². The maximum Gasteiger partial charge on any atom is 2.00 e. The van der Waals surface area contributed by atoms with Crippen molar-refractivity contribution in [3.05, 3.63) is 0 Å². The van der Waals surface area contributed by atoms with Crippen LogP contribution in [0.3, 0.4) is 0 Å². The van der Waals surface area contributed by atoms with E-state index >= 15 is 0 Å². The molecule has 5 heterocycles. The molecule has 9 aliphatic rings. The van der Waals surface area contributed by atoms with Crippen LogP contribution in [0, 0.1) is 47.3 Å². The molecule has 0 aromatic carbocycles. The Bertz CT molecular complexity index is 1140. The van der Waals surface area contributed by atoms with E-state index in [9.17, 15) is 0 Å². The summed E-state index contributed by atoms with van der Waals surface area (Å²) in [7, 11) is -0.995. The van der Waals surface area contributed by atoms with Crippen molar-refractivity contribution in [2.45, 2.75) is 152 Å². The fourth-order valence-electron chi connectivity index (χ4n) is 12.0. The van der Waals surface area contributed by atoms with Crippen molar-refractivity contribution >= 4 is 40.0 Å². The first-order valence-corrected chi connectivity index (χ1v) is 23.7. The Morgan fingerprint density at radius 3 is 0.529 bits per heavy atom. The molecule has 8 unspecified atom stereocenters.